The molecule has 1 heterocycles. The van der Waals surface area contributed by atoms with Crippen LogP contribution in [0.4, 0.5) is 17.6 Å². The monoisotopic (exact) mass is 596 g/mol. The van der Waals surface area contributed by atoms with Gasteiger partial charge in [0.2, 0.25) is 0 Å². The Hall–Kier alpha value is -4.47. The van der Waals surface area contributed by atoms with Gasteiger partial charge in [-0.25, -0.2) is 4.39 Å². The molecule has 226 valence electrons. The highest BCUT2D eigenvalue weighted by molar-refractivity contribution is 6.02. The molecule has 4 aromatic rings. The second-order valence-corrected chi connectivity index (χ2v) is 10.5. The van der Waals surface area contributed by atoms with Gasteiger partial charge in [-0.05, 0) is 73.0 Å². The van der Waals surface area contributed by atoms with Gasteiger partial charge in [-0.1, -0.05) is 44.4 Å². The Labute approximate surface area is 246 Å². The highest BCUT2D eigenvalue weighted by Crippen LogP contribution is 2.34. The van der Waals surface area contributed by atoms with Gasteiger partial charge in [0.15, 0.2) is 5.78 Å². The largest absolute Gasteiger partial charge is 0.481 e. The summed E-state index contributed by atoms with van der Waals surface area (Å²) in [6.07, 6.45) is -1.36. The van der Waals surface area contributed by atoms with Crippen LogP contribution < -0.4 is 5.32 Å². The van der Waals surface area contributed by atoms with Crippen LogP contribution in [-0.2, 0) is 17.4 Å². The number of carboxylic acid groups (broad SMARTS) is 1. The normalized spacial score (nSPS) is 12.3. The molecule has 1 aromatic heterocycles. The standard InChI is InChI=1S/C33H32F4N2O4/c1-2-3-4-6-23(17-21-9-11-22(12-10-21)32(43)38-16-15-30(40)41)31(42)29-19-24-18-26(34)13-14-28(24)39(29)27-8-5-7-25(20-27)33(35,36)37/h5,7-14,18-20,23H,2-4,6,15-17H2,1H3,(H,38,43)(H,40,41). The van der Waals surface area contributed by atoms with Crippen molar-refractivity contribution in [3.05, 3.63) is 101 Å². The minimum atomic E-state index is -4.59. The van der Waals surface area contributed by atoms with Gasteiger partial charge in [0, 0.05) is 29.1 Å². The van der Waals surface area contributed by atoms with Crippen LogP contribution in [0, 0.1) is 11.7 Å². The van der Waals surface area contributed by atoms with Crippen LogP contribution >= 0.6 is 0 Å². The number of nitrogens with zero attached hydrogens (tertiary/aromatic N) is 1. The second-order valence-electron chi connectivity index (χ2n) is 10.5. The number of carboxylic acids is 1. The van der Waals surface area contributed by atoms with Gasteiger partial charge >= 0.3 is 12.1 Å². The molecule has 2 N–H and O–H groups in total. The van der Waals surface area contributed by atoms with Crippen molar-refractivity contribution in [2.75, 3.05) is 6.54 Å². The lowest BCUT2D eigenvalue weighted by Crippen LogP contribution is -2.26. The molecule has 0 aliphatic heterocycles. The van der Waals surface area contributed by atoms with Crippen LogP contribution in [0.25, 0.3) is 16.6 Å². The summed E-state index contributed by atoms with van der Waals surface area (Å²) < 4.78 is 56.3. The number of carbonyl (C=O) groups excluding carboxylic acids is 2. The maximum Gasteiger partial charge on any atom is 0.416 e. The molecule has 0 aliphatic rings. The van der Waals surface area contributed by atoms with Crippen LogP contribution in [0.15, 0.2) is 72.8 Å². The fourth-order valence-electron chi connectivity index (χ4n) is 5.10. The molecule has 1 amide bonds. The first-order valence-electron chi connectivity index (χ1n) is 14.1. The van der Waals surface area contributed by atoms with Gasteiger partial charge in [-0.3, -0.25) is 14.4 Å². The molecule has 3 aromatic carbocycles. The zero-order valence-corrected chi connectivity index (χ0v) is 23.6. The molecule has 0 radical (unpaired) electrons. The number of rotatable bonds is 13. The van der Waals surface area contributed by atoms with Crippen LogP contribution in [0.1, 0.15) is 71.0 Å². The molecule has 4 rings (SSSR count). The van der Waals surface area contributed by atoms with Crippen molar-refractivity contribution in [1.29, 1.82) is 0 Å². The van der Waals surface area contributed by atoms with Gasteiger partial charge in [0.25, 0.3) is 5.91 Å². The summed E-state index contributed by atoms with van der Waals surface area (Å²) in [6.45, 7) is 2.03. The van der Waals surface area contributed by atoms with E-state index in [2.05, 4.69) is 5.32 Å². The lowest BCUT2D eigenvalue weighted by molar-refractivity contribution is -0.138. The maximum atomic E-state index is 14.2. The number of hydrogen-bond acceptors (Lipinski definition) is 3. The molecular weight excluding hydrogens is 564 g/mol. The molecule has 0 saturated carbocycles. The summed E-state index contributed by atoms with van der Waals surface area (Å²) in [5, 5.41) is 11.7. The van der Waals surface area contributed by atoms with Crippen LogP contribution in [0.3, 0.4) is 0 Å². The molecule has 6 nitrogen and oxygen atoms in total. The highest BCUT2D eigenvalue weighted by Gasteiger charge is 2.31. The summed E-state index contributed by atoms with van der Waals surface area (Å²) in [5.74, 6) is -2.77. The first kappa shape index (κ1) is 31.5. The van der Waals surface area contributed by atoms with Crippen molar-refractivity contribution in [1.82, 2.24) is 9.88 Å². The maximum absolute atomic E-state index is 14.2. The Kier molecular flexibility index (Phi) is 10.0. The zero-order chi connectivity index (χ0) is 31.1. The third-order valence-corrected chi connectivity index (χ3v) is 7.30. The molecule has 0 spiro atoms. The van der Waals surface area contributed by atoms with Gasteiger partial charge in [-0.15, -0.1) is 0 Å². The summed E-state index contributed by atoms with van der Waals surface area (Å²) in [6, 6.07) is 16.8. The number of halogens is 4. The molecule has 1 unspecified atom stereocenters. The molecule has 0 aliphatic carbocycles. The number of benzene rings is 3. The summed E-state index contributed by atoms with van der Waals surface area (Å²) in [5.41, 5.74) is 0.981. The van der Waals surface area contributed by atoms with Gasteiger partial charge in [-0.2, -0.15) is 13.2 Å². The van der Waals surface area contributed by atoms with Crippen molar-refractivity contribution in [2.45, 2.75) is 51.6 Å². The Balaban J connectivity index is 1.68. The number of fused-ring (bicyclic) bond motifs is 1. The Bertz CT molecular complexity index is 1610. The predicted molar refractivity (Wildman–Crippen MR) is 155 cm³/mol. The van der Waals surface area contributed by atoms with E-state index in [1.807, 2.05) is 6.92 Å². The van der Waals surface area contributed by atoms with E-state index in [1.165, 1.54) is 41.0 Å². The van der Waals surface area contributed by atoms with Gasteiger partial charge < -0.3 is 15.0 Å². The lowest BCUT2D eigenvalue weighted by atomic mass is 9.88. The number of carbonyl (C=O) groups is 3. The highest BCUT2D eigenvalue weighted by atomic mass is 19.4. The third kappa shape index (κ3) is 7.88. The van der Waals surface area contributed by atoms with Crippen LogP contribution in [0.2, 0.25) is 0 Å². The molecular formula is C33H32F4N2O4. The van der Waals surface area contributed by atoms with E-state index in [4.69, 9.17) is 5.11 Å². The van der Waals surface area contributed by atoms with Crippen molar-refractivity contribution in [3.63, 3.8) is 0 Å². The number of Topliss-reactive ketones (excluding diaryl/α,β-unsaturated/α-hetero) is 1. The lowest BCUT2D eigenvalue weighted by Gasteiger charge is -2.19. The smallest absolute Gasteiger partial charge is 0.416 e. The van der Waals surface area contributed by atoms with Crippen LogP contribution in [0.5, 0.6) is 0 Å². The average Bonchev–Trinajstić information content (AvgIpc) is 3.34. The molecule has 0 saturated heterocycles. The number of unbranched alkanes of at least 4 members (excludes halogenated alkanes) is 2. The van der Waals surface area contributed by atoms with Gasteiger partial charge in [0.1, 0.15) is 5.82 Å². The van der Waals surface area contributed by atoms with Crippen molar-refractivity contribution >= 4 is 28.6 Å². The van der Waals surface area contributed by atoms with Crippen molar-refractivity contribution in [3.8, 4) is 5.69 Å². The quantitative estimate of drug-likeness (QED) is 0.0945. The number of ketones is 1. The third-order valence-electron chi connectivity index (χ3n) is 7.30. The number of amides is 1. The van der Waals surface area contributed by atoms with E-state index in [0.717, 1.165) is 37.0 Å². The Morgan fingerprint density at radius 1 is 0.953 bits per heavy atom. The first-order chi connectivity index (χ1) is 20.5. The topological polar surface area (TPSA) is 88.4 Å². The molecule has 0 bridgehead atoms. The number of nitrogens with one attached hydrogen (secondary N) is 1. The van der Waals surface area contributed by atoms with E-state index in [1.54, 1.807) is 24.3 Å². The second kappa shape index (κ2) is 13.7. The fraction of sp³-hybridized carbons (Fsp3) is 0.303. The Morgan fingerprint density at radius 2 is 1.70 bits per heavy atom. The SMILES string of the molecule is CCCCCC(Cc1ccc(C(=O)NCCC(=O)O)cc1)C(=O)c1cc2cc(F)ccc2n1-c1cccc(C(F)(F)F)c1. The fourth-order valence-corrected chi connectivity index (χ4v) is 5.10. The molecule has 1 atom stereocenters. The van der Waals surface area contributed by atoms with E-state index in [9.17, 15) is 31.9 Å². The minimum Gasteiger partial charge on any atom is -0.481 e. The average molecular weight is 597 g/mol. The van der Waals surface area contributed by atoms with Gasteiger partial charge in [0.05, 0.1) is 23.2 Å². The predicted octanol–water partition coefficient (Wildman–Crippen LogP) is 7.61. The molecule has 10 heteroatoms. The summed E-state index contributed by atoms with van der Waals surface area (Å²) in [4.78, 5) is 37.2. The zero-order valence-electron chi connectivity index (χ0n) is 23.6. The van der Waals surface area contributed by atoms with Crippen LogP contribution in [-0.4, -0.2) is 33.9 Å². The van der Waals surface area contributed by atoms with Crippen molar-refractivity contribution in [2.24, 2.45) is 5.92 Å². The number of hydrogen-bond donors (Lipinski definition) is 2. The number of aromatic nitrogens is 1. The summed E-state index contributed by atoms with van der Waals surface area (Å²) >= 11 is 0. The summed E-state index contributed by atoms with van der Waals surface area (Å²) in [7, 11) is 0. The molecule has 43 heavy (non-hydrogen) atoms. The van der Waals surface area contributed by atoms with E-state index >= 15 is 0 Å². The minimum absolute atomic E-state index is 0.00625. The van der Waals surface area contributed by atoms with E-state index in [0.29, 0.717) is 29.3 Å². The number of alkyl halides is 3. The molecule has 0 fully saturated rings. The van der Waals surface area contributed by atoms with E-state index in [-0.39, 0.29) is 30.1 Å². The number of aliphatic carboxylic acids is 1. The van der Waals surface area contributed by atoms with E-state index < -0.39 is 35.4 Å². The van der Waals surface area contributed by atoms with Crippen molar-refractivity contribution < 1.29 is 37.1 Å². The Morgan fingerprint density at radius 3 is 2.37 bits per heavy atom. The first-order valence-corrected chi connectivity index (χ1v) is 14.1.